The van der Waals surface area contributed by atoms with Gasteiger partial charge in [0, 0.05) is 5.39 Å². The molecule has 3 aromatic carbocycles. The second-order valence-corrected chi connectivity index (χ2v) is 9.67. The van der Waals surface area contributed by atoms with E-state index < -0.39 is 0 Å². The zero-order valence-electron chi connectivity index (χ0n) is 19.6. The molecule has 0 amide bonds. The zero-order valence-corrected chi connectivity index (χ0v) is 19.6. The first-order valence-electron chi connectivity index (χ1n) is 12.6. The number of hydrogen-bond donors (Lipinski definition) is 0. The summed E-state index contributed by atoms with van der Waals surface area (Å²) in [6.45, 7) is 6.09. The quantitative estimate of drug-likeness (QED) is 0.298. The minimum atomic E-state index is -0.0572. The van der Waals surface area contributed by atoms with Gasteiger partial charge in [0.05, 0.1) is 0 Å². The Morgan fingerprint density at radius 2 is 1.62 bits per heavy atom. The normalized spacial score (nSPS) is 18.7. The third kappa shape index (κ3) is 5.49. The highest BCUT2D eigenvalue weighted by molar-refractivity contribution is 5.84. The van der Waals surface area contributed by atoms with Crippen LogP contribution >= 0.6 is 0 Å². The van der Waals surface area contributed by atoms with E-state index in [0.29, 0.717) is 0 Å². The molecule has 1 saturated carbocycles. The van der Waals surface area contributed by atoms with Gasteiger partial charge in [0.2, 0.25) is 0 Å². The van der Waals surface area contributed by atoms with Gasteiger partial charge in [-0.15, -0.1) is 6.58 Å². The fourth-order valence-corrected chi connectivity index (χ4v) is 5.43. The molecular formula is C31H37F. The predicted octanol–water partition coefficient (Wildman–Crippen LogP) is 8.96. The number of fused-ring (bicyclic) bond motifs is 1. The Kier molecular flexibility index (Phi) is 7.79. The molecule has 1 aliphatic rings. The minimum Gasteiger partial charge on any atom is -0.206 e. The molecule has 0 unspecified atom stereocenters. The van der Waals surface area contributed by atoms with Crippen molar-refractivity contribution in [3.05, 3.63) is 95.3 Å². The van der Waals surface area contributed by atoms with Crippen molar-refractivity contribution in [2.75, 3.05) is 0 Å². The van der Waals surface area contributed by atoms with E-state index in [0.717, 1.165) is 53.9 Å². The topological polar surface area (TPSA) is 0 Å². The van der Waals surface area contributed by atoms with Crippen molar-refractivity contribution >= 4 is 10.8 Å². The van der Waals surface area contributed by atoms with Gasteiger partial charge in [-0.1, -0.05) is 80.4 Å². The number of allylic oxidation sites excluding steroid dienone is 1. The summed E-state index contributed by atoms with van der Waals surface area (Å²) in [5, 5.41) is 1.73. The lowest BCUT2D eigenvalue weighted by Crippen LogP contribution is -2.13. The minimum absolute atomic E-state index is 0.0572. The molecule has 0 aliphatic heterocycles. The van der Waals surface area contributed by atoms with Gasteiger partial charge < -0.3 is 0 Å². The van der Waals surface area contributed by atoms with E-state index in [2.05, 4.69) is 49.9 Å². The molecule has 1 aliphatic carbocycles. The van der Waals surface area contributed by atoms with Crippen LogP contribution in [0.5, 0.6) is 0 Å². The van der Waals surface area contributed by atoms with E-state index in [9.17, 15) is 0 Å². The van der Waals surface area contributed by atoms with Crippen LogP contribution in [-0.2, 0) is 19.3 Å². The van der Waals surface area contributed by atoms with Crippen LogP contribution in [0.1, 0.15) is 80.0 Å². The van der Waals surface area contributed by atoms with Crippen molar-refractivity contribution in [2.24, 2.45) is 5.92 Å². The fraction of sp³-hybridized carbons (Fsp3) is 0.419. The lowest BCUT2D eigenvalue weighted by molar-refractivity contribution is 0.308. The Balaban J connectivity index is 1.37. The molecule has 0 spiro atoms. The second kappa shape index (κ2) is 10.9. The average Bonchev–Trinajstić information content (AvgIpc) is 2.83. The third-order valence-electron chi connectivity index (χ3n) is 7.41. The number of aryl methyl sites for hydroxylation is 3. The lowest BCUT2D eigenvalue weighted by atomic mass is 9.77. The van der Waals surface area contributed by atoms with Gasteiger partial charge in [-0.3, -0.25) is 0 Å². The first-order valence-corrected chi connectivity index (χ1v) is 12.6. The molecule has 0 heterocycles. The van der Waals surface area contributed by atoms with Crippen molar-refractivity contribution in [2.45, 2.75) is 77.0 Å². The Bertz CT molecular complexity index is 1020. The SMILES string of the molecule is C=CCCc1ccc2c(F)c(CCc3ccc(C4CCC(CCC)CC4)cc3)ccc2c1. The summed E-state index contributed by atoms with van der Waals surface area (Å²) in [6.07, 6.45) is 13.6. The summed E-state index contributed by atoms with van der Waals surface area (Å²) in [4.78, 5) is 0. The first-order chi connectivity index (χ1) is 15.7. The van der Waals surface area contributed by atoms with Crippen LogP contribution in [0, 0.1) is 11.7 Å². The Labute approximate surface area is 193 Å². The second-order valence-electron chi connectivity index (χ2n) is 9.67. The van der Waals surface area contributed by atoms with Gasteiger partial charge in [-0.2, -0.15) is 0 Å². The Morgan fingerprint density at radius 1 is 0.875 bits per heavy atom. The van der Waals surface area contributed by atoms with Crippen LogP contribution < -0.4 is 0 Å². The molecule has 0 saturated heterocycles. The van der Waals surface area contributed by atoms with Gasteiger partial charge >= 0.3 is 0 Å². The van der Waals surface area contributed by atoms with Crippen LogP contribution in [-0.4, -0.2) is 0 Å². The van der Waals surface area contributed by atoms with E-state index >= 15 is 4.39 Å². The standard InChI is InChI=1S/C31H37F/c1-3-5-7-25-13-21-30-29(22-25)20-19-28(31(30)32)18-12-24-10-16-27(17-11-24)26-14-8-23(6-4-2)9-15-26/h3,10-11,13,16-17,19-23,26H,1,4-9,12,14-15,18H2,2H3. The van der Waals surface area contributed by atoms with Crippen LogP contribution in [0.25, 0.3) is 10.8 Å². The van der Waals surface area contributed by atoms with Gasteiger partial charge in [0.1, 0.15) is 5.82 Å². The fourth-order valence-electron chi connectivity index (χ4n) is 5.43. The van der Waals surface area contributed by atoms with Gasteiger partial charge in [-0.25, -0.2) is 4.39 Å². The molecule has 0 atom stereocenters. The highest BCUT2D eigenvalue weighted by atomic mass is 19.1. The van der Waals surface area contributed by atoms with E-state index in [1.807, 2.05) is 24.3 Å². The summed E-state index contributed by atoms with van der Waals surface area (Å²) in [6, 6.07) is 19.3. The summed E-state index contributed by atoms with van der Waals surface area (Å²) >= 11 is 0. The molecule has 1 fully saturated rings. The summed E-state index contributed by atoms with van der Waals surface area (Å²) in [5.41, 5.74) is 4.85. The van der Waals surface area contributed by atoms with Gasteiger partial charge in [0.25, 0.3) is 0 Å². The number of halogens is 1. The maximum atomic E-state index is 15.1. The van der Waals surface area contributed by atoms with Crippen LogP contribution in [0.3, 0.4) is 0 Å². The summed E-state index contributed by atoms with van der Waals surface area (Å²) in [7, 11) is 0. The van der Waals surface area contributed by atoms with E-state index in [-0.39, 0.29) is 5.82 Å². The third-order valence-corrected chi connectivity index (χ3v) is 7.41. The van der Waals surface area contributed by atoms with E-state index in [4.69, 9.17) is 0 Å². The lowest BCUT2D eigenvalue weighted by Gasteiger charge is -2.28. The monoisotopic (exact) mass is 428 g/mol. The molecule has 3 aromatic rings. The molecule has 4 rings (SSSR count). The van der Waals surface area contributed by atoms with Crippen molar-refractivity contribution in [1.82, 2.24) is 0 Å². The smallest absolute Gasteiger partial charge is 0.134 e. The highest BCUT2D eigenvalue weighted by Crippen LogP contribution is 2.37. The largest absolute Gasteiger partial charge is 0.206 e. The van der Waals surface area contributed by atoms with Crippen molar-refractivity contribution in [3.8, 4) is 0 Å². The highest BCUT2D eigenvalue weighted by Gasteiger charge is 2.21. The molecule has 168 valence electrons. The van der Waals surface area contributed by atoms with Crippen LogP contribution in [0.15, 0.2) is 67.3 Å². The van der Waals surface area contributed by atoms with Crippen molar-refractivity contribution in [3.63, 3.8) is 0 Å². The molecule has 0 radical (unpaired) electrons. The molecule has 32 heavy (non-hydrogen) atoms. The molecule has 0 aromatic heterocycles. The number of rotatable bonds is 9. The van der Waals surface area contributed by atoms with E-state index in [1.165, 1.54) is 55.2 Å². The summed E-state index contributed by atoms with van der Waals surface area (Å²) < 4.78 is 15.1. The number of benzene rings is 3. The average molecular weight is 429 g/mol. The van der Waals surface area contributed by atoms with Gasteiger partial charge in [-0.05, 0) is 90.8 Å². The predicted molar refractivity (Wildman–Crippen MR) is 136 cm³/mol. The maximum absolute atomic E-state index is 15.1. The Morgan fingerprint density at radius 3 is 2.34 bits per heavy atom. The first kappa shape index (κ1) is 22.8. The van der Waals surface area contributed by atoms with Crippen molar-refractivity contribution in [1.29, 1.82) is 0 Å². The van der Waals surface area contributed by atoms with Gasteiger partial charge in [0.15, 0.2) is 0 Å². The number of hydrogen-bond acceptors (Lipinski definition) is 0. The zero-order chi connectivity index (χ0) is 22.3. The Hall–Kier alpha value is -2.41. The molecule has 1 heteroatoms. The molecular weight excluding hydrogens is 391 g/mol. The summed E-state index contributed by atoms with van der Waals surface area (Å²) in [5.74, 6) is 1.62. The molecule has 0 N–H and O–H groups in total. The van der Waals surface area contributed by atoms with Crippen molar-refractivity contribution < 1.29 is 4.39 Å². The molecule has 0 bridgehead atoms. The van der Waals surface area contributed by atoms with Crippen LogP contribution in [0.2, 0.25) is 0 Å². The van der Waals surface area contributed by atoms with Crippen LogP contribution in [0.4, 0.5) is 4.39 Å². The maximum Gasteiger partial charge on any atom is 0.134 e. The molecule has 0 nitrogen and oxygen atoms in total. The van der Waals surface area contributed by atoms with E-state index in [1.54, 1.807) is 0 Å².